The van der Waals surface area contributed by atoms with Crippen LogP contribution < -0.4 is 4.90 Å². The summed E-state index contributed by atoms with van der Waals surface area (Å²) in [5.74, 6) is -1.21. The predicted octanol–water partition coefficient (Wildman–Crippen LogP) is 2.30. The van der Waals surface area contributed by atoms with E-state index in [2.05, 4.69) is 15.1 Å². The maximum absolute atomic E-state index is 14.3. The van der Waals surface area contributed by atoms with E-state index in [0.29, 0.717) is 18.4 Å². The van der Waals surface area contributed by atoms with Crippen LogP contribution in [0.5, 0.6) is 0 Å². The van der Waals surface area contributed by atoms with Crippen molar-refractivity contribution in [2.24, 2.45) is 11.8 Å². The molecule has 9 heteroatoms. The average Bonchev–Trinajstić information content (AvgIpc) is 3.09. The smallest absolute Gasteiger partial charge is 0.341 e. The number of halogens is 2. The van der Waals surface area contributed by atoms with Gasteiger partial charge in [-0.25, -0.2) is 23.1 Å². The molecule has 2 aromatic heterocycles. The fraction of sp³-hybridized carbons (Fsp3) is 0.294. The number of fused-ring (bicyclic) bond motifs is 2. The van der Waals surface area contributed by atoms with E-state index in [1.54, 1.807) is 0 Å². The molecule has 2 fully saturated rings. The zero-order valence-electron chi connectivity index (χ0n) is 13.4. The lowest BCUT2D eigenvalue weighted by Crippen LogP contribution is -2.29. The molecule has 26 heavy (non-hydrogen) atoms. The summed E-state index contributed by atoms with van der Waals surface area (Å²) < 4.78 is 29.3. The van der Waals surface area contributed by atoms with E-state index >= 15 is 0 Å². The van der Waals surface area contributed by atoms with Gasteiger partial charge < -0.3 is 10.0 Å². The Balaban J connectivity index is 1.60. The van der Waals surface area contributed by atoms with Gasteiger partial charge in [-0.15, -0.1) is 0 Å². The Kier molecular flexibility index (Phi) is 3.03. The first kappa shape index (κ1) is 15.2. The van der Waals surface area contributed by atoms with E-state index < -0.39 is 17.6 Å². The van der Waals surface area contributed by atoms with Gasteiger partial charge in [0.2, 0.25) is 5.95 Å². The lowest BCUT2D eigenvalue weighted by atomic mass is 10.0. The molecule has 1 aliphatic heterocycles. The van der Waals surface area contributed by atoms with Gasteiger partial charge in [-0.3, -0.25) is 0 Å². The minimum atomic E-state index is -1.14. The molecule has 1 aliphatic carbocycles. The molecule has 5 rings (SSSR count). The number of carbonyl (C=O) groups is 1. The van der Waals surface area contributed by atoms with Crippen molar-refractivity contribution in [3.8, 4) is 0 Å². The van der Waals surface area contributed by atoms with Gasteiger partial charge in [0.05, 0.1) is 12.2 Å². The molecule has 3 aromatic rings. The summed E-state index contributed by atoms with van der Waals surface area (Å²) in [5.41, 5.74) is 0.415. The zero-order chi connectivity index (χ0) is 18.0. The second-order valence-corrected chi connectivity index (χ2v) is 6.71. The standard InChI is InChI=1S/C17H13F2N5O2/c18-9-1-2-13(19)11(4-9)14-10-3-8(10)6-23(14)17-20-7-24-15(22-17)12(5-21-24)16(25)26/h1-2,4-5,7-8,10,14H,3,6H2,(H,25,26). The maximum atomic E-state index is 14.3. The third kappa shape index (κ3) is 2.16. The molecular weight excluding hydrogens is 344 g/mol. The van der Waals surface area contributed by atoms with Crippen LogP contribution in [0.1, 0.15) is 28.4 Å². The third-order valence-electron chi connectivity index (χ3n) is 5.17. The minimum absolute atomic E-state index is 0.0357. The number of rotatable bonds is 3. The van der Waals surface area contributed by atoms with E-state index in [-0.39, 0.29) is 28.7 Å². The van der Waals surface area contributed by atoms with Gasteiger partial charge in [0.25, 0.3) is 0 Å². The summed E-state index contributed by atoms with van der Waals surface area (Å²) >= 11 is 0. The van der Waals surface area contributed by atoms with Crippen molar-refractivity contribution in [2.45, 2.75) is 12.5 Å². The lowest BCUT2D eigenvalue weighted by molar-refractivity contribution is 0.0698. The molecule has 1 saturated heterocycles. The van der Waals surface area contributed by atoms with E-state index in [1.807, 2.05) is 4.90 Å². The van der Waals surface area contributed by atoms with E-state index in [0.717, 1.165) is 18.6 Å². The van der Waals surface area contributed by atoms with Crippen LogP contribution in [0.4, 0.5) is 14.7 Å². The van der Waals surface area contributed by atoms with Crippen LogP contribution in [0.2, 0.25) is 0 Å². The molecule has 2 aliphatic rings. The first-order valence-electron chi connectivity index (χ1n) is 8.18. The highest BCUT2D eigenvalue weighted by molar-refractivity contribution is 5.94. The Morgan fingerprint density at radius 1 is 1.31 bits per heavy atom. The van der Waals surface area contributed by atoms with Crippen LogP contribution in [0, 0.1) is 23.5 Å². The number of piperidine rings is 1. The molecule has 1 saturated carbocycles. The fourth-order valence-corrected chi connectivity index (χ4v) is 3.88. The van der Waals surface area contributed by atoms with Crippen LogP contribution in [0.3, 0.4) is 0 Å². The van der Waals surface area contributed by atoms with Gasteiger partial charge in [0.15, 0.2) is 5.65 Å². The molecule has 0 amide bonds. The molecule has 0 bridgehead atoms. The van der Waals surface area contributed by atoms with Crippen LogP contribution in [0.25, 0.3) is 5.65 Å². The van der Waals surface area contributed by atoms with Crippen LogP contribution in [0.15, 0.2) is 30.7 Å². The van der Waals surface area contributed by atoms with Crippen molar-refractivity contribution < 1.29 is 18.7 Å². The normalized spacial score (nSPS) is 24.1. The van der Waals surface area contributed by atoms with Crippen LogP contribution >= 0.6 is 0 Å². The van der Waals surface area contributed by atoms with Crippen molar-refractivity contribution in [1.82, 2.24) is 19.6 Å². The number of hydrogen-bond donors (Lipinski definition) is 1. The average molecular weight is 357 g/mol. The molecule has 0 spiro atoms. The first-order chi connectivity index (χ1) is 12.5. The number of nitrogens with zero attached hydrogens (tertiary/aromatic N) is 5. The highest BCUT2D eigenvalue weighted by Crippen LogP contribution is 2.57. The van der Waals surface area contributed by atoms with Gasteiger partial charge in [-0.05, 0) is 36.5 Å². The van der Waals surface area contributed by atoms with Gasteiger partial charge in [0.1, 0.15) is 23.5 Å². The van der Waals surface area contributed by atoms with Crippen LogP contribution in [-0.4, -0.2) is 37.2 Å². The van der Waals surface area contributed by atoms with Gasteiger partial charge in [-0.1, -0.05) is 0 Å². The molecule has 132 valence electrons. The van der Waals surface area contributed by atoms with Crippen LogP contribution in [-0.2, 0) is 0 Å². The summed E-state index contributed by atoms with van der Waals surface area (Å²) in [7, 11) is 0. The molecule has 0 radical (unpaired) electrons. The minimum Gasteiger partial charge on any atom is -0.477 e. The summed E-state index contributed by atoms with van der Waals surface area (Å²) in [6.45, 7) is 0.623. The lowest BCUT2D eigenvalue weighted by Gasteiger charge is -2.28. The Hall–Kier alpha value is -3.10. The molecule has 7 nitrogen and oxygen atoms in total. The summed E-state index contributed by atoms with van der Waals surface area (Å²) in [6.07, 6.45) is 3.54. The monoisotopic (exact) mass is 357 g/mol. The summed E-state index contributed by atoms with van der Waals surface area (Å²) in [4.78, 5) is 21.7. The number of benzene rings is 1. The molecule has 3 atom stereocenters. The Bertz CT molecular complexity index is 1050. The van der Waals surface area contributed by atoms with Gasteiger partial charge in [0, 0.05) is 12.1 Å². The number of aromatic nitrogens is 4. The molecule has 1 N–H and O–H groups in total. The van der Waals surface area contributed by atoms with E-state index in [4.69, 9.17) is 0 Å². The molecule has 3 heterocycles. The molecule has 1 aromatic carbocycles. The predicted molar refractivity (Wildman–Crippen MR) is 85.8 cm³/mol. The van der Waals surface area contributed by atoms with Gasteiger partial charge in [-0.2, -0.15) is 10.1 Å². The quantitative estimate of drug-likeness (QED) is 0.774. The number of anilines is 1. The number of hydrogen-bond acceptors (Lipinski definition) is 5. The van der Waals surface area contributed by atoms with Gasteiger partial charge >= 0.3 is 5.97 Å². The highest BCUT2D eigenvalue weighted by atomic mass is 19.1. The fourth-order valence-electron chi connectivity index (χ4n) is 3.88. The molecular formula is C17H13F2N5O2. The Labute approximate surface area is 145 Å². The third-order valence-corrected chi connectivity index (χ3v) is 5.17. The van der Waals surface area contributed by atoms with Crippen molar-refractivity contribution in [2.75, 3.05) is 11.4 Å². The zero-order valence-corrected chi connectivity index (χ0v) is 13.4. The maximum Gasteiger partial charge on any atom is 0.341 e. The summed E-state index contributed by atoms with van der Waals surface area (Å²) in [6, 6.07) is 3.07. The molecule has 3 unspecified atom stereocenters. The Morgan fingerprint density at radius 3 is 2.96 bits per heavy atom. The van der Waals surface area contributed by atoms with Crippen molar-refractivity contribution in [3.05, 3.63) is 53.5 Å². The van der Waals surface area contributed by atoms with Crippen molar-refractivity contribution >= 4 is 17.6 Å². The largest absolute Gasteiger partial charge is 0.477 e. The van der Waals surface area contributed by atoms with E-state index in [9.17, 15) is 18.7 Å². The Morgan fingerprint density at radius 2 is 2.15 bits per heavy atom. The topological polar surface area (TPSA) is 83.6 Å². The number of carboxylic acids is 1. The number of carboxylic acid groups (broad SMARTS) is 1. The second-order valence-electron chi connectivity index (χ2n) is 6.71. The number of aromatic carboxylic acids is 1. The SMILES string of the molecule is O=C(O)c1cnn2cnc(N3CC4CC4C3c3cc(F)ccc3F)nc12. The van der Waals surface area contributed by atoms with E-state index in [1.165, 1.54) is 23.1 Å². The van der Waals surface area contributed by atoms with Crippen molar-refractivity contribution in [1.29, 1.82) is 0 Å². The summed E-state index contributed by atoms with van der Waals surface area (Å²) in [5, 5.41) is 13.2. The highest BCUT2D eigenvalue weighted by Gasteiger charge is 2.54. The first-order valence-corrected chi connectivity index (χ1v) is 8.18. The second kappa shape index (κ2) is 5.20. The van der Waals surface area contributed by atoms with Crippen molar-refractivity contribution in [3.63, 3.8) is 0 Å².